The molecular weight excluding hydrogens is 480 g/mol. The zero-order valence-electron chi connectivity index (χ0n) is 24.9. The van der Waals surface area contributed by atoms with Crippen molar-refractivity contribution >= 4 is 11.9 Å². The smallest absolute Gasteiger partial charge is 0.308 e. The van der Waals surface area contributed by atoms with Gasteiger partial charge >= 0.3 is 5.97 Å². The summed E-state index contributed by atoms with van der Waals surface area (Å²) in [6.45, 7) is 16.9. The van der Waals surface area contributed by atoms with Crippen LogP contribution in [0.15, 0.2) is 23.3 Å². The molecule has 1 aromatic rings. The summed E-state index contributed by atoms with van der Waals surface area (Å²) in [6, 6.07) is 5.30. The van der Waals surface area contributed by atoms with Gasteiger partial charge < -0.3 is 31.2 Å². The molecule has 1 amide bonds. The molecule has 0 radical (unpaired) electrons. The Hall–Kier alpha value is -2.48. The van der Waals surface area contributed by atoms with Gasteiger partial charge in [0.15, 0.2) is 0 Å². The van der Waals surface area contributed by atoms with Gasteiger partial charge in [0, 0.05) is 31.0 Å². The number of hydrogen-bond donors (Lipinski definition) is 2. The van der Waals surface area contributed by atoms with Gasteiger partial charge in [0.1, 0.15) is 5.75 Å². The van der Waals surface area contributed by atoms with Crippen LogP contribution in [-0.4, -0.2) is 37.3 Å². The quantitative estimate of drug-likeness (QED) is 0.108. The fraction of sp³-hybridized carbons (Fsp3) is 0.733. The van der Waals surface area contributed by atoms with Gasteiger partial charge in [-0.15, -0.1) is 0 Å². The van der Waals surface area contributed by atoms with E-state index in [0.717, 1.165) is 30.4 Å². The van der Waals surface area contributed by atoms with E-state index in [0.29, 0.717) is 37.5 Å². The normalized spacial score (nSPS) is 14.9. The maximum atomic E-state index is 12.4. The Bertz CT molecular complexity index is 881. The number of esters is 1. The lowest BCUT2D eigenvalue weighted by Gasteiger charge is -2.31. The second kappa shape index (κ2) is 16.5. The van der Waals surface area contributed by atoms with Crippen molar-refractivity contribution in [3.8, 4) is 5.75 Å². The first-order chi connectivity index (χ1) is 17.8. The van der Waals surface area contributed by atoms with Crippen LogP contribution >= 0.6 is 0 Å². The van der Waals surface area contributed by atoms with E-state index < -0.39 is 12.1 Å². The van der Waals surface area contributed by atoms with Gasteiger partial charge in [-0.25, -0.2) is 0 Å². The molecule has 0 aliphatic rings. The number of carbonyl (C=O) groups is 2. The number of ether oxygens (including phenoxy) is 2. The van der Waals surface area contributed by atoms with E-state index >= 15 is 0 Å². The molecule has 0 saturated heterocycles. The summed E-state index contributed by atoms with van der Waals surface area (Å²) in [6.07, 6.45) is 4.07. The highest BCUT2D eigenvalue weighted by atomic mass is 16.7. The number of rotatable bonds is 17. The first kappa shape index (κ1) is 33.5. The van der Waals surface area contributed by atoms with Gasteiger partial charge in [-0.2, -0.15) is 0 Å². The Kier molecular flexibility index (Phi) is 14.5. The maximum absolute atomic E-state index is 12.4. The lowest BCUT2D eigenvalue weighted by Crippen LogP contribution is -2.40. The molecule has 8 nitrogen and oxygen atoms in total. The predicted molar refractivity (Wildman–Crippen MR) is 153 cm³/mol. The van der Waals surface area contributed by atoms with Gasteiger partial charge in [0.25, 0.3) is 0 Å². The van der Waals surface area contributed by atoms with Crippen LogP contribution in [0, 0.1) is 17.8 Å². The molecule has 0 saturated carbocycles. The molecule has 0 aliphatic carbocycles. The number of hydrogen-bond acceptors (Lipinski definition) is 6. The zero-order valence-corrected chi connectivity index (χ0v) is 24.9. The van der Waals surface area contributed by atoms with Crippen LogP contribution in [0.1, 0.15) is 98.6 Å². The highest BCUT2D eigenvalue weighted by molar-refractivity contribution is 5.78. The zero-order chi connectivity index (χ0) is 28.9. The van der Waals surface area contributed by atoms with E-state index in [-0.39, 0.29) is 35.9 Å². The van der Waals surface area contributed by atoms with E-state index in [2.05, 4.69) is 64.1 Å². The van der Waals surface area contributed by atoms with Gasteiger partial charge in [0.05, 0.1) is 0 Å². The third-order valence-corrected chi connectivity index (χ3v) is 7.11. The van der Waals surface area contributed by atoms with Crippen LogP contribution in [0.4, 0.5) is 0 Å². The molecule has 0 bridgehead atoms. The van der Waals surface area contributed by atoms with Crippen LogP contribution in [0.25, 0.3) is 5.53 Å². The predicted octanol–water partition coefficient (Wildman–Crippen LogP) is 6.14. The third-order valence-electron chi connectivity index (χ3n) is 7.11. The van der Waals surface area contributed by atoms with Crippen LogP contribution in [0.2, 0.25) is 0 Å². The van der Waals surface area contributed by atoms with Crippen molar-refractivity contribution in [3.63, 3.8) is 0 Å². The lowest BCUT2D eigenvalue weighted by atomic mass is 9.80. The van der Waals surface area contributed by atoms with Crippen LogP contribution in [-0.2, 0) is 26.2 Å². The van der Waals surface area contributed by atoms with Crippen molar-refractivity contribution in [1.29, 1.82) is 0 Å². The first-order valence-corrected chi connectivity index (χ1v) is 14.1. The molecule has 0 aromatic heterocycles. The number of amides is 1. The topological polar surface area (TPSA) is 125 Å². The van der Waals surface area contributed by atoms with Gasteiger partial charge in [-0.3, -0.25) is 9.59 Å². The Morgan fingerprint density at radius 3 is 2.37 bits per heavy atom. The second-order valence-corrected chi connectivity index (χ2v) is 11.8. The molecule has 8 heteroatoms. The molecule has 4 atom stereocenters. The molecule has 38 heavy (non-hydrogen) atoms. The van der Waals surface area contributed by atoms with Gasteiger partial charge in [-0.05, 0) is 60.1 Å². The molecule has 0 spiro atoms. The van der Waals surface area contributed by atoms with Crippen LogP contribution < -0.4 is 15.8 Å². The molecular formula is C30H51N4O4-. The standard InChI is InChI=1S/C30H51N4O4/c1-9-11-14-33-29(36)21(5)15-25(31)26(34-32)18-23(20(3)4)16-22-12-13-24(30(6,7)8)27(17-22)37-19-38-28(35)10-2/h12-13,17,20-21,23,25-26H,9-11,14-16,18-19,31H2,1-8H3,(H,33,36)/q-1/t21?,23-,25-,26-/m0/s1. The Labute approximate surface area is 230 Å². The molecule has 1 rings (SSSR count). The summed E-state index contributed by atoms with van der Waals surface area (Å²) in [7, 11) is 0. The van der Waals surface area contributed by atoms with E-state index in [1.54, 1.807) is 6.92 Å². The molecule has 0 heterocycles. The summed E-state index contributed by atoms with van der Waals surface area (Å²) in [5.74, 6) is 0.642. The minimum atomic E-state index is -0.466. The molecule has 3 N–H and O–H groups in total. The number of nitrogens with two attached hydrogens (primary N) is 1. The van der Waals surface area contributed by atoms with Crippen molar-refractivity contribution in [2.75, 3.05) is 13.3 Å². The average molecular weight is 532 g/mol. The number of benzene rings is 1. The molecule has 0 aliphatic heterocycles. The number of carbonyl (C=O) groups excluding carboxylic acids is 2. The van der Waals surface area contributed by atoms with Gasteiger partial charge in [-0.1, -0.05) is 73.9 Å². The Morgan fingerprint density at radius 2 is 1.82 bits per heavy atom. The first-order valence-electron chi connectivity index (χ1n) is 14.1. The summed E-state index contributed by atoms with van der Waals surface area (Å²) >= 11 is 0. The molecule has 0 fully saturated rings. The van der Waals surface area contributed by atoms with Crippen molar-refractivity contribution in [2.24, 2.45) is 28.6 Å². The van der Waals surface area contributed by atoms with Crippen molar-refractivity contribution in [1.82, 2.24) is 5.32 Å². The van der Waals surface area contributed by atoms with E-state index in [1.807, 2.05) is 13.0 Å². The number of unbranched alkanes of at least 4 members (excludes halogenated alkanes) is 1. The summed E-state index contributed by atoms with van der Waals surface area (Å²) in [5.41, 5.74) is 18.3. The fourth-order valence-electron chi connectivity index (χ4n) is 4.44. The minimum Gasteiger partial charge on any atom is -0.712 e. The Balaban J connectivity index is 2.97. The van der Waals surface area contributed by atoms with E-state index in [4.69, 9.17) is 15.2 Å². The van der Waals surface area contributed by atoms with E-state index in [9.17, 15) is 15.1 Å². The van der Waals surface area contributed by atoms with E-state index in [1.165, 1.54) is 0 Å². The summed E-state index contributed by atoms with van der Waals surface area (Å²) in [4.78, 5) is 24.0. The third kappa shape index (κ3) is 11.5. The SMILES string of the molecule is CCCCNC(=O)C(C)C[C@H](N)[C@H](C[C@H](Cc1ccc(C(C)(C)C)c(OCOC(=O)CC)c1)C(C)C)N=[N-]. The number of nitrogens with zero attached hydrogens (tertiary/aromatic N) is 2. The number of nitrogens with one attached hydrogen (secondary N) is 1. The minimum absolute atomic E-state index is 0.0120. The average Bonchev–Trinajstić information content (AvgIpc) is 2.85. The highest BCUT2D eigenvalue weighted by Gasteiger charge is 2.26. The Morgan fingerprint density at radius 1 is 1.13 bits per heavy atom. The van der Waals surface area contributed by atoms with Crippen molar-refractivity contribution in [2.45, 2.75) is 111 Å². The summed E-state index contributed by atoms with van der Waals surface area (Å²) in [5, 5.41) is 6.59. The molecule has 216 valence electrons. The van der Waals surface area contributed by atoms with Crippen LogP contribution in [0.5, 0.6) is 5.75 Å². The van der Waals surface area contributed by atoms with Gasteiger partial charge in [0.2, 0.25) is 12.7 Å². The summed E-state index contributed by atoms with van der Waals surface area (Å²) < 4.78 is 11.0. The fourth-order valence-corrected chi connectivity index (χ4v) is 4.44. The highest BCUT2D eigenvalue weighted by Crippen LogP contribution is 2.34. The lowest BCUT2D eigenvalue weighted by molar-refractivity contribution is -0.149. The molecule has 1 aromatic carbocycles. The van der Waals surface area contributed by atoms with Crippen LogP contribution in [0.3, 0.4) is 0 Å². The largest absolute Gasteiger partial charge is 0.712 e. The van der Waals surface area contributed by atoms with Crippen molar-refractivity contribution in [3.05, 3.63) is 34.9 Å². The maximum Gasteiger partial charge on any atom is 0.308 e. The van der Waals surface area contributed by atoms with Crippen molar-refractivity contribution < 1.29 is 19.1 Å². The second-order valence-electron chi connectivity index (χ2n) is 11.8. The molecule has 1 unspecified atom stereocenters. The monoisotopic (exact) mass is 531 g/mol.